The van der Waals surface area contributed by atoms with Crippen LogP contribution in [0.15, 0.2) is 36.5 Å². The molecule has 0 aliphatic rings. The third kappa shape index (κ3) is 3.04. The molecule has 0 atom stereocenters. The van der Waals surface area contributed by atoms with Gasteiger partial charge in [0.1, 0.15) is 0 Å². The second kappa shape index (κ2) is 5.56. The van der Waals surface area contributed by atoms with Crippen LogP contribution in [0.4, 0.5) is 0 Å². The predicted octanol–water partition coefficient (Wildman–Crippen LogP) is 3.95. The fraction of sp³-hybridized carbons (Fsp3) is 0.143. The lowest BCUT2D eigenvalue weighted by molar-refractivity contribution is -0.400. The highest BCUT2D eigenvalue weighted by Crippen LogP contribution is 2.22. The summed E-state index contributed by atoms with van der Waals surface area (Å²) in [6.07, 6.45) is 2.51. The summed E-state index contributed by atoms with van der Waals surface area (Å²) in [5.74, 6) is 0. The van der Waals surface area contributed by atoms with Gasteiger partial charge in [-0.15, -0.1) is 0 Å². The van der Waals surface area contributed by atoms with Crippen LogP contribution in [0, 0.1) is 27.5 Å². The first-order valence-corrected chi connectivity index (χ1v) is 6.83. The maximum atomic E-state index is 10.4. The number of nitro groups is 1. The molecule has 98 valence electrons. The summed E-state index contributed by atoms with van der Waals surface area (Å²) in [6, 6.07) is 10.1. The van der Waals surface area contributed by atoms with Gasteiger partial charge in [-0.05, 0) is 66.8 Å². The summed E-state index contributed by atoms with van der Waals surface area (Å²) >= 11 is 2.26. The molecule has 2 rings (SSSR count). The van der Waals surface area contributed by atoms with Crippen LogP contribution in [-0.2, 0) is 0 Å². The Morgan fingerprint density at radius 1 is 1.26 bits per heavy atom. The molecule has 1 aromatic heterocycles. The largest absolute Gasteiger partial charge is 0.318 e. The van der Waals surface area contributed by atoms with Gasteiger partial charge in [-0.25, -0.2) is 0 Å². The molecular formula is C14H13IN2O2. The first-order chi connectivity index (χ1) is 8.99. The quantitative estimate of drug-likeness (QED) is 0.468. The van der Waals surface area contributed by atoms with Crippen LogP contribution in [0.3, 0.4) is 0 Å². The zero-order valence-electron chi connectivity index (χ0n) is 10.6. The molecule has 0 fully saturated rings. The minimum atomic E-state index is -0.447. The number of benzene rings is 1. The Hall–Kier alpha value is -1.63. The fourth-order valence-corrected chi connectivity index (χ4v) is 2.44. The number of halogens is 1. The first-order valence-electron chi connectivity index (χ1n) is 5.75. The van der Waals surface area contributed by atoms with Gasteiger partial charge in [0, 0.05) is 32.3 Å². The van der Waals surface area contributed by atoms with Crippen molar-refractivity contribution in [2.24, 2.45) is 0 Å². The predicted molar refractivity (Wildman–Crippen MR) is 84.0 cm³/mol. The Balaban J connectivity index is 2.47. The Morgan fingerprint density at radius 2 is 1.89 bits per heavy atom. The molecule has 4 nitrogen and oxygen atoms in total. The normalized spacial score (nSPS) is 11.1. The van der Waals surface area contributed by atoms with Gasteiger partial charge in [-0.1, -0.05) is 0 Å². The summed E-state index contributed by atoms with van der Waals surface area (Å²) in [7, 11) is 0. The van der Waals surface area contributed by atoms with E-state index in [1.54, 1.807) is 0 Å². The van der Waals surface area contributed by atoms with E-state index in [0.29, 0.717) is 0 Å². The monoisotopic (exact) mass is 368 g/mol. The van der Waals surface area contributed by atoms with Crippen LogP contribution >= 0.6 is 22.6 Å². The van der Waals surface area contributed by atoms with Gasteiger partial charge in [0.2, 0.25) is 6.20 Å². The van der Waals surface area contributed by atoms with Gasteiger partial charge in [-0.2, -0.15) is 0 Å². The highest BCUT2D eigenvalue weighted by Gasteiger charge is 2.09. The highest BCUT2D eigenvalue weighted by molar-refractivity contribution is 14.1. The third-order valence-electron chi connectivity index (χ3n) is 2.93. The van der Waals surface area contributed by atoms with Gasteiger partial charge in [0.05, 0.1) is 4.92 Å². The van der Waals surface area contributed by atoms with E-state index in [9.17, 15) is 10.1 Å². The van der Waals surface area contributed by atoms with Crippen LogP contribution < -0.4 is 0 Å². The molecule has 0 amide bonds. The molecule has 5 heteroatoms. The van der Waals surface area contributed by atoms with Crippen molar-refractivity contribution < 1.29 is 4.92 Å². The number of rotatable bonds is 3. The van der Waals surface area contributed by atoms with E-state index in [1.165, 1.54) is 9.65 Å². The Labute approximate surface area is 125 Å². The molecule has 0 aliphatic carbocycles. The second-order valence-corrected chi connectivity index (χ2v) is 5.49. The summed E-state index contributed by atoms with van der Waals surface area (Å²) in [6.45, 7) is 3.96. The molecule has 0 saturated carbocycles. The molecule has 0 N–H and O–H groups in total. The number of hydrogen-bond donors (Lipinski definition) is 0. The number of hydrogen-bond acceptors (Lipinski definition) is 2. The van der Waals surface area contributed by atoms with Crippen molar-refractivity contribution >= 4 is 28.7 Å². The minimum Gasteiger partial charge on any atom is -0.318 e. The summed E-state index contributed by atoms with van der Waals surface area (Å²) < 4.78 is 3.27. The van der Waals surface area contributed by atoms with Crippen LogP contribution in [0.2, 0.25) is 0 Å². The van der Waals surface area contributed by atoms with E-state index < -0.39 is 4.92 Å². The lowest BCUT2D eigenvalue weighted by Crippen LogP contribution is -1.98. The van der Waals surface area contributed by atoms with Crippen molar-refractivity contribution in [3.05, 3.63) is 67.2 Å². The topological polar surface area (TPSA) is 48.1 Å². The second-order valence-electron chi connectivity index (χ2n) is 4.24. The molecular weight excluding hydrogens is 355 g/mol. The average molecular weight is 368 g/mol. The lowest BCUT2D eigenvalue weighted by atomic mass is 10.2. The zero-order chi connectivity index (χ0) is 14.0. The summed E-state index contributed by atoms with van der Waals surface area (Å²) in [5, 5.41) is 10.4. The van der Waals surface area contributed by atoms with Crippen LogP contribution in [0.25, 0.3) is 11.8 Å². The van der Waals surface area contributed by atoms with Crippen molar-refractivity contribution in [3.63, 3.8) is 0 Å². The molecule has 1 heterocycles. The van der Waals surface area contributed by atoms with E-state index in [0.717, 1.165) is 28.8 Å². The molecule has 0 saturated heterocycles. The van der Waals surface area contributed by atoms with Gasteiger partial charge in [0.25, 0.3) is 0 Å². The fourth-order valence-electron chi connectivity index (χ4n) is 2.08. The smallest absolute Gasteiger partial charge is 0.235 e. The van der Waals surface area contributed by atoms with Crippen LogP contribution in [-0.4, -0.2) is 9.49 Å². The van der Waals surface area contributed by atoms with Gasteiger partial charge in [-0.3, -0.25) is 10.1 Å². The molecule has 0 spiro atoms. The van der Waals surface area contributed by atoms with E-state index in [-0.39, 0.29) is 0 Å². The van der Waals surface area contributed by atoms with E-state index in [1.807, 2.05) is 44.2 Å². The SMILES string of the molecule is Cc1cc(/C=C/[N+](=O)[O-])c(C)n1-c1ccc(I)cc1. The molecule has 0 bridgehead atoms. The molecule has 2 aromatic rings. The maximum absolute atomic E-state index is 10.4. The summed E-state index contributed by atoms with van der Waals surface area (Å²) in [4.78, 5) is 9.95. The molecule has 0 radical (unpaired) electrons. The first kappa shape index (κ1) is 13.8. The van der Waals surface area contributed by atoms with Crippen molar-refractivity contribution in [1.82, 2.24) is 4.57 Å². The standard InChI is InChI=1S/C14H13IN2O2/c1-10-9-12(7-8-16(18)19)11(2)17(10)14-5-3-13(15)4-6-14/h3-9H,1-2H3/b8-7+. The van der Waals surface area contributed by atoms with Crippen molar-refractivity contribution in [3.8, 4) is 5.69 Å². The Morgan fingerprint density at radius 3 is 2.47 bits per heavy atom. The summed E-state index contributed by atoms with van der Waals surface area (Å²) in [5.41, 5.74) is 3.99. The van der Waals surface area contributed by atoms with Gasteiger partial charge >= 0.3 is 0 Å². The Kier molecular flexibility index (Phi) is 4.04. The lowest BCUT2D eigenvalue weighted by Gasteiger charge is -2.09. The molecule has 19 heavy (non-hydrogen) atoms. The Bertz CT molecular complexity index is 642. The zero-order valence-corrected chi connectivity index (χ0v) is 12.8. The molecule has 0 aliphatic heterocycles. The van der Waals surface area contributed by atoms with Crippen LogP contribution in [0.1, 0.15) is 17.0 Å². The van der Waals surface area contributed by atoms with E-state index >= 15 is 0 Å². The number of aromatic nitrogens is 1. The maximum Gasteiger partial charge on any atom is 0.235 e. The number of nitrogens with zero attached hydrogens (tertiary/aromatic N) is 2. The molecule has 0 unspecified atom stereocenters. The third-order valence-corrected chi connectivity index (χ3v) is 3.65. The van der Waals surface area contributed by atoms with Crippen molar-refractivity contribution in [2.75, 3.05) is 0 Å². The highest BCUT2D eigenvalue weighted by atomic mass is 127. The van der Waals surface area contributed by atoms with Gasteiger partial charge < -0.3 is 4.57 Å². The van der Waals surface area contributed by atoms with E-state index in [4.69, 9.17) is 0 Å². The van der Waals surface area contributed by atoms with Gasteiger partial charge in [0.15, 0.2) is 0 Å². The van der Waals surface area contributed by atoms with Crippen LogP contribution in [0.5, 0.6) is 0 Å². The van der Waals surface area contributed by atoms with E-state index in [2.05, 4.69) is 27.2 Å². The number of aryl methyl sites for hydroxylation is 1. The van der Waals surface area contributed by atoms with Crippen molar-refractivity contribution in [1.29, 1.82) is 0 Å². The minimum absolute atomic E-state index is 0.447. The average Bonchev–Trinajstić information content (AvgIpc) is 2.63. The van der Waals surface area contributed by atoms with Crippen molar-refractivity contribution in [2.45, 2.75) is 13.8 Å². The molecule has 1 aromatic carbocycles.